The molecule has 2 saturated carbocycles. The number of benzene rings is 3. The summed E-state index contributed by atoms with van der Waals surface area (Å²) in [6.45, 7) is 5.95. The van der Waals surface area contributed by atoms with Crippen molar-refractivity contribution in [1.82, 2.24) is 40.4 Å². The van der Waals surface area contributed by atoms with Gasteiger partial charge in [0, 0.05) is 29.3 Å². The van der Waals surface area contributed by atoms with Crippen LogP contribution in [0.2, 0.25) is 0 Å². The van der Waals surface area contributed by atoms with Gasteiger partial charge in [-0.25, -0.2) is 19.6 Å². The standard InChI is InChI=1S/C47H50F2N8O6/c1-23(2)38(55-45(61)63-5)43(59)56-22-46(14-15-46)20-37(56)40-50-21-36(54-40)27-8-12-31-30-11-7-25(17-32(30)47(48,49)33(31)18-27)26-9-13-34-35(19-26)53-41(52-34)39-28-6-10-29(16-28)57(39)42(58)24(3)51-44(60)62-4/h7-9,11-13,17-19,21,23-24,28-29,37-39H,6,10,14-16,20,22H2,1-5H3,(H,50,54)(H,51,60)(H,52,53)(H,55,61)/t24-,28-,29+,37?,38-,39-/m0/s1. The number of ether oxygens (including phenoxy) is 2. The topological polar surface area (TPSA) is 175 Å². The summed E-state index contributed by atoms with van der Waals surface area (Å²) < 4.78 is 42.8. The molecule has 1 unspecified atom stereocenters. The summed E-state index contributed by atoms with van der Waals surface area (Å²) in [4.78, 5) is 71.7. The maximum absolute atomic E-state index is 16.6. The number of piperidine rings is 1. The highest BCUT2D eigenvalue weighted by Crippen LogP contribution is 2.59. The van der Waals surface area contributed by atoms with Crippen LogP contribution in [0.15, 0.2) is 60.8 Å². The normalized spacial score (nSPS) is 23.2. The van der Waals surface area contributed by atoms with Crippen molar-refractivity contribution < 1.29 is 37.4 Å². The van der Waals surface area contributed by atoms with Gasteiger partial charge in [0.25, 0.3) is 5.92 Å². The minimum Gasteiger partial charge on any atom is -0.453 e. The van der Waals surface area contributed by atoms with Crippen LogP contribution in [-0.2, 0) is 25.0 Å². The van der Waals surface area contributed by atoms with Crippen LogP contribution in [-0.4, -0.2) is 92.6 Å². The van der Waals surface area contributed by atoms with E-state index in [1.165, 1.54) is 20.3 Å². The molecule has 6 atom stereocenters. The first-order chi connectivity index (χ1) is 30.2. The molecule has 14 nitrogen and oxygen atoms in total. The Bertz CT molecular complexity index is 2690. The molecular weight excluding hydrogens is 811 g/mol. The molecule has 4 fully saturated rings. The zero-order valence-electron chi connectivity index (χ0n) is 35.8. The molecule has 3 aromatic carbocycles. The van der Waals surface area contributed by atoms with Crippen molar-refractivity contribution >= 4 is 35.0 Å². The van der Waals surface area contributed by atoms with E-state index < -0.39 is 30.2 Å². The van der Waals surface area contributed by atoms with Gasteiger partial charge in [-0.3, -0.25) is 9.59 Å². The summed E-state index contributed by atoms with van der Waals surface area (Å²) >= 11 is 0. The van der Waals surface area contributed by atoms with Crippen LogP contribution in [0, 0.1) is 17.3 Å². The van der Waals surface area contributed by atoms with Gasteiger partial charge in [0.15, 0.2) is 0 Å². The van der Waals surface area contributed by atoms with E-state index in [0.29, 0.717) is 51.7 Å². The lowest BCUT2D eigenvalue weighted by Gasteiger charge is -2.35. The monoisotopic (exact) mass is 860 g/mol. The number of nitrogens with one attached hydrogen (secondary N) is 4. The Balaban J connectivity index is 0.894. The van der Waals surface area contributed by atoms with E-state index in [2.05, 4.69) is 20.6 Å². The van der Waals surface area contributed by atoms with E-state index in [0.717, 1.165) is 49.6 Å². The van der Waals surface area contributed by atoms with Crippen molar-refractivity contribution in [2.24, 2.45) is 17.3 Å². The van der Waals surface area contributed by atoms with Crippen molar-refractivity contribution in [2.75, 3.05) is 20.8 Å². The summed E-state index contributed by atoms with van der Waals surface area (Å²) in [5.74, 6) is -2.39. The van der Waals surface area contributed by atoms with Crippen LogP contribution in [0.3, 0.4) is 0 Å². The highest BCUT2D eigenvalue weighted by Gasteiger charge is 2.55. The van der Waals surface area contributed by atoms with Crippen LogP contribution in [0.4, 0.5) is 18.4 Å². The second-order valence-corrected chi connectivity index (χ2v) is 18.4. The number of H-pyrrole nitrogens is 2. The van der Waals surface area contributed by atoms with Crippen LogP contribution < -0.4 is 10.6 Å². The molecule has 4 heterocycles. The molecule has 5 aliphatic rings. The van der Waals surface area contributed by atoms with Gasteiger partial charge in [-0.15, -0.1) is 0 Å². The molecule has 2 saturated heterocycles. The average molecular weight is 861 g/mol. The third-order valence-electron chi connectivity index (χ3n) is 14.2. The Morgan fingerprint density at radius 1 is 0.825 bits per heavy atom. The number of amides is 4. The van der Waals surface area contributed by atoms with Crippen molar-refractivity contribution in [3.8, 4) is 33.5 Å². The van der Waals surface area contributed by atoms with Crippen LogP contribution >= 0.6 is 0 Å². The van der Waals surface area contributed by atoms with Crippen LogP contribution in [0.5, 0.6) is 0 Å². The highest BCUT2D eigenvalue weighted by molar-refractivity contribution is 5.89. The number of methoxy groups -OCH3 is 2. The molecule has 328 valence electrons. The van der Waals surface area contributed by atoms with Crippen molar-refractivity contribution in [3.05, 3.63) is 83.6 Å². The van der Waals surface area contributed by atoms with Gasteiger partial charge in [0.1, 0.15) is 23.7 Å². The fraction of sp³-hybridized carbons (Fsp3) is 0.447. The number of aromatic amines is 2. The number of hydrogen-bond donors (Lipinski definition) is 4. The summed E-state index contributed by atoms with van der Waals surface area (Å²) in [6, 6.07) is 13.8. The van der Waals surface area contributed by atoms with Gasteiger partial charge in [0.05, 0.1) is 49.2 Å². The fourth-order valence-corrected chi connectivity index (χ4v) is 10.7. The lowest BCUT2D eigenvalue weighted by atomic mass is 9.97. The minimum atomic E-state index is -3.28. The molecule has 4 N–H and O–H groups in total. The third kappa shape index (κ3) is 6.79. The van der Waals surface area contributed by atoms with Gasteiger partial charge in [-0.1, -0.05) is 44.2 Å². The number of carbonyl (C=O) groups is 4. The third-order valence-corrected chi connectivity index (χ3v) is 14.2. The van der Waals surface area contributed by atoms with Gasteiger partial charge in [0.2, 0.25) is 11.8 Å². The van der Waals surface area contributed by atoms with Crippen molar-refractivity contribution in [2.45, 2.75) is 95.4 Å². The lowest BCUT2D eigenvalue weighted by molar-refractivity contribution is -0.138. The molecule has 0 radical (unpaired) electrons. The number of fused-ring (bicyclic) bond motifs is 6. The minimum absolute atomic E-state index is 0.0115. The van der Waals surface area contributed by atoms with E-state index in [1.807, 2.05) is 49.1 Å². The van der Waals surface area contributed by atoms with E-state index in [9.17, 15) is 19.2 Å². The number of hydrogen-bond acceptors (Lipinski definition) is 8. The quantitative estimate of drug-likeness (QED) is 0.115. The number of likely N-dealkylation sites (tertiary alicyclic amines) is 2. The first kappa shape index (κ1) is 40.7. The van der Waals surface area contributed by atoms with Gasteiger partial charge < -0.3 is 39.9 Å². The first-order valence-corrected chi connectivity index (χ1v) is 21.7. The molecule has 63 heavy (non-hydrogen) atoms. The molecule has 3 aliphatic carbocycles. The second kappa shape index (κ2) is 14.9. The summed E-state index contributed by atoms with van der Waals surface area (Å²) in [7, 11) is 2.52. The Kier molecular flexibility index (Phi) is 9.64. The largest absolute Gasteiger partial charge is 0.453 e. The number of halogens is 2. The van der Waals surface area contributed by atoms with Gasteiger partial charge in [-0.05, 0) is 109 Å². The Labute approximate surface area is 362 Å². The average Bonchev–Trinajstić information content (AvgIpc) is 3.93. The van der Waals surface area contributed by atoms with Crippen molar-refractivity contribution in [3.63, 3.8) is 0 Å². The smallest absolute Gasteiger partial charge is 0.407 e. The second-order valence-electron chi connectivity index (χ2n) is 18.4. The molecule has 2 bridgehead atoms. The van der Waals surface area contributed by atoms with E-state index in [-0.39, 0.29) is 58.3 Å². The molecule has 1 spiro atoms. The number of aromatic nitrogens is 4. The Hall–Kier alpha value is -6.32. The summed E-state index contributed by atoms with van der Waals surface area (Å²) in [6.07, 6.45) is 5.74. The molecule has 4 amide bonds. The van der Waals surface area contributed by atoms with Crippen molar-refractivity contribution in [1.29, 1.82) is 0 Å². The number of carbonyl (C=O) groups excluding carboxylic acids is 4. The molecule has 5 aromatic rings. The zero-order chi connectivity index (χ0) is 44.1. The number of rotatable bonds is 9. The molecule has 2 aliphatic heterocycles. The number of alkyl carbamates (subject to hydrolysis) is 2. The maximum Gasteiger partial charge on any atom is 0.407 e. The molecule has 10 rings (SSSR count). The predicted octanol–water partition coefficient (Wildman–Crippen LogP) is 7.97. The Morgan fingerprint density at radius 3 is 2.19 bits per heavy atom. The van der Waals surface area contributed by atoms with E-state index in [1.54, 1.807) is 36.2 Å². The van der Waals surface area contributed by atoms with Gasteiger partial charge in [-0.2, -0.15) is 8.78 Å². The fourth-order valence-electron chi connectivity index (χ4n) is 10.7. The summed E-state index contributed by atoms with van der Waals surface area (Å²) in [5, 5.41) is 5.29. The SMILES string of the molecule is COC(=O)N[C@@H](C)C(=O)N1[C@@H]2CC[C@@H](C2)[C@H]1c1nc2ccc(-c3ccc4c(c3)C(F)(F)c3cc(-c5cnc(C6CC7(CC7)CN6C(=O)[C@@H](NC(=O)OC)C(C)C)[nH]5)ccc3-4)cc2[nH]1. The number of imidazole rings is 2. The maximum atomic E-state index is 16.6. The van der Waals surface area contributed by atoms with Gasteiger partial charge >= 0.3 is 12.2 Å². The van der Waals surface area contributed by atoms with E-state index in [4.69, 9.17) is 19.4 Å². The predicted molar refractivity (Wildman–Crippen MR) is 228 cm³/mol. The van der Waals surface area contributed by atoms with E-state index >= 15 is 8.78 Å². The number of nitrogens with zero attached hydrogens (tertiary/aromatic N) is 4. The molecular formula is C47H50F2N8O6. The highest BCUT2D eigenvalue weighted by atomic mass is 19.3. The summed E-state index contributed by atoms with van der Waals surface area (Å²) in [5.41, 5.74) is 4.67. The van der Waals surface area contributed by atoms with Crippen LogP contribution in [0.1, 0.15) is 94.2 Å². The zero-order valence-corrected chi connectivity index (χ0v) is 35.8. The molecule has 2 aromatic heterocycles. The van der Waals surface area contributed by atoms with Crippen LogP contribution in [0.25, 0.3) is 44.5 Å². The number of alkyl halides is 2. The molecule has 16 heteroatoms. The Morgan fingerprint density at radius 2 is 1.49 bits per heavy atom. The lowest BCUT2D eigenvalue weighted by Crippen LogP contribution is -2.51. The first-order valence-electron chi connectivity index (χ1n) is 21.7.